The van der Waals surface area contributed by atoms with E-state index in [-0.39, 0.29) is 18.5 Å². The molecule has 1 unspecified atom stereocenters. The van der Waals surface area contributed by atoms with Crippen molar-refractivity contribution in [3.05, 3.63) is 57.4 Å². The van der Waals surface area contributed by atoms with Crippen LogP contribution in [0.3, 0.4) is 0 Å². The minimum atomic E-state index is -4.18. The molecular formula is C23H31N4O10P. The molecule has 2 aliphatic heterocycles. The lowest BCUT2D eigenvalue weighted by Gasteiger charge is -2.26. The molecule has 2 N–H and O–H groups in total. The summed E-state index contributed by atoms with van der Waals surface area (Å²) in [5.41, 5.74) is -1.46. The second-order valence-corrected chi connectivity index (χ2v) is 11.2. The van der Waals surface area contributed by atoms with Crippen LogP contribution in [0.4, 0.5) is 0 Å². The summed E-state index contributed by atoms with van der Waals surface area (Å²) >= 11 is 0. The first-order valence-corrected chi connectivity index (χ1v) is 13.6. The van der Waals surface area contributed by atoms with Crippen molar-refractivity contribution in [1.29, 1.82) is 0 Å². The monoisotopic (exact) mass is 554 g/mol. The van der Waals surface area contributed by atoms with E-state index in [1.54, 1.807) is 58.0 Å². The van der Waals surface area contributed by atoms with Gasteiger partial charge in [-0.05, 0) is 46.8 Å². The third kappa shape index (κ3) is 6.57. The number of ether oxygens (including phenoxy) is 4. The van der Waals surface area contributed by atoms with E-state index in [1.807, 2.05) is 0 Å². The third-order valence-electron chi connectivity index (χ3n) is 5.54. The summed E-state index contributed by atoms with van der Waals surface area (Å²) in [7, 11) is -4.18. The summed E-state index contributed by atoms with van der Waals surface area (Å²) in [5.74, 6) is -1.43. The molecule has 0 amide bonds. The predicted octanol–water partition coefficient (Wildman–Crippen LogP) is 1.48. The van der Waals surface area contributed by atoms with Gasteiger partial charge in [0.05, 0.1) is 12.7 Å². The molecular weight excluding hydrogens is 523 g/mol. The summed E-state index contributed by atoms with van der Waals surface area (Å²) in [4.78, 5) is 38.4. The van der Waals surface area contributed by atoms with Gasteiger partial charge in [-0.2, -0.15) is 14.9 Å². The topological polar surface area (TPSA) is 169 Å². The molecule has 208 valence electrons. The second kappa shape index (κ2) is 11.1. The maximum Gasteiger partial charge on any atom is 0.459 e. The Hall–Kier alpha value is -2.87. The summed E-state index contributed by atoms with van der Waals surface area (Å²) in [6.07, 6.45) is -2.94. The van der Waals surface area contributed by atoms with Gasteiger partial charge in [0.15, 0.2) is 12.0 Å². The number of para-hydroxylation sites is 1. The highest BCUT2D eigenvalue weighted by atomic mass is 31.2. The van der Waals surface area contributed by atoms with Crippen LogP contribution in [0.15, 0.2) is 46.1 Å². The second-order valence-electron chi connectivity index (χ2n) is 9.55. The van der Waals surface area contributed by atoms with Crippen molar-refractivity contribution in [3.63, 3.8) is 0 Å². The van der Waals surface area contributed by atoms with E-state index >= 15 is 0 Å². The zero-order valence-electron chi connectivity index (χ0n) is 21.6. The smallest absolute Gasteiger partial charge is 0.459 e. The molecule has 6 atom stereocenters. The zero-order valence-corrected chi connectivity index (χ0v) is 22.5. The Bertz CT molecular complexity index is 1300. The van der Waals surface area contributed by atoms with Crippen LogP contribution in [0, 0.1) is 0 Å². The van der Waals surface area contributed by atoms with Gasteiger partial charge in [-0.1, -0.05) is 18.2 Å². The Kier molecular flexibility index (Phi) is 8.21. The SMILES string of the molecule is CC(C)OC(=O)[C@H](C)NP(=O)(OC[C@H]1O[C@@H](n2ncc(=O)[nH]c2=O)[C@@H]2OC(C)(C)O[C@@H]21)Oc1ccccc1. The van der Waals surface area contributed by atoms with Crippen LogP contribution in [-0.4, -0.2) is 63.6 Å². The van der Waals surface area contributed by atoms with Gasteiger partial charge in [-0.15, -0.1) is 0 Å². The van der Waals surface area contributed by atoms with Gasteiger partial charge < -0.3 is 23.5 Å². The fraction of sp³-hybridized carbons (Fsp3) is 0.565. The molecule has 38 heavy (non-hydrogen) atoms. The number of H-pyrrole nitrogens is 1. The molecule has 3 heterocycles. The van der Waals surface area contributed by atoms with Crippen LogP contribution >= 0.6 is 7.75 Å². The highest BCUT2D eigenvalue weighted by molar-refractivity contribution is 7.52. The molecule has 0 bridgehead atoms. The molecule has 14 nitrogen and oxygen atoms in total. The van der Waals surface area contributed by atoms with Crippen molar-refractivity contribution >= 4 is 13.7 Å². The molecule has 2 aliphatic rings. The number of carbonyl (C=O) groups is 1. The first-order valence-electron chi connectivity index (χ1n) is 12.0. The number of nitrogens with one attached hydrogen (secondary N) is 2. The molecule has 0 aliphatic carbocycles. The lowest BCUT2D eigenvalue weighted by Crippen LogP contribution is -2.39. The summed E-state index contributed by atoms with van der Waals surface area (Å²) in [5, 5.41) is 6.47. The number of benzene rings is 1. The molecule has 15 heteroatoms. The number of nitrogens with zero attached hydrogens (tertiary/aromatic N) is 2. The zero-order chi connectivity index (χ0) is 27.7. The van der Waals surface area contributed by atoms with Crippen molar-refractivity contribution < 1.29 is 37.4 Å². The Balaban J connectivity index is 1.55. The lowest BCUT2D eigenvalue weighted by molar-refractivity contribution is -0.201. The summed E-state index contributed by atoms with van der Waals surface area (Å²) in [6.45, 7) is 7.90. The number of esters is 1. The molecule has 0 radical (unpaired) electrons. The summed E-state index contributed by atoms with van der Waals surface area (Å²) in [6, 6.07) is 7.26. The van der Waals surface area contributed by atoms with Crippen LogP contribution in [0.25, 0.3) is 0 Å². The number of fused-ring (bicyclic) bond motifs is 1. The van der Waals surface area contributed by atoms with E-state index in [4.69, 9.17) is 28.0 Å². The Morgan fingerprint density at radius 3 is 2.53 bits per heavy atom. The largest absolute Gasteiger partial charge is 0.462 e. The van der Waals surface area contributed by atoms with Crippen LogP contribution in [-0.2, 0) is 32.8 Å². The molecule has 1 aromatic heterocycles. The summed E-state index contributed by atoms with van der Waals surface area (Å²) < 4.78 is 49.2. The van der Waals surface area contributed by atoms with E-state index in [9.17, 15) is 18.9 Å². The van der Waals surface area contributed by atoms with Gasteiger partial charge in [0.2, 0.25) is 0 Å². The average molecular weight is 554 g/mol. The van der Waals surface area contributed by atoms with Gasteiger partial charge in [-0.3, -0.25) is 19.1 Å². The minimum Gasteiger partial charge on any atom is -0.462 e. The van der Waals surface area contributed by atoms with Crippen molar-refractivity contribution in [1.82, 2.24) is 19.9 Å². The number of hydrogen-bond donors (Lipinski definition) is 2. The van der Waals surface area contributed by atoms with Crippen molar-refractivity contribution in [2.24, 2.45) is 0 Å². The van der Waals surface area contributed by atoms with Crippen molar-refractivity contribution in [2.75, 3.05) is 6.61 Å². The maximum absolute atomic E-state index is 13.8. The highest BCUT2D eigenvalue weighted by Crippen LogP contribution is 2.48. The van der Waals surface area contributed by atoms with Crippen LogP contribution in [0.1, 0.15) is 40.8 Å². The van der Waals surface area contributed by atoms with Crippen LogP contribution in [0.2, 0.25) is 0 Å². The fourth-order valence-corrected chi connectivity index (χ4v) is 5.54. The van der Waals surface area contributed by atoms with E-state index < -0.39 is 61.3 Å². The van der Waals surface area contributed by atoms with E-state index in [0.29, 0.717) is 0 Å². The number of aromatic nitrogens is 3. The molecule has 0 saturated carbocycles. The standard InChI is InChI=1S/C23H31N4O10P/c1-13(2)33-21(29)14(3)26-38(31,37-15-9-7-6-8-10-15)32-12-16-18-19(36-23(4,5)35-18)20(34-16)27-22(30)25-17(28)11-24-27/h6-11,13-14,16,18-20H,12H2,1-5H3,(H,26,31)(H,25,28,30)/t14-,16+,18+,19+,20+,38?/m0/s1. The molecule has 4 rings (SSSR count). The Morgan fingerprint density at radius 2 is 1.87 bits per heavy atom. The molecule has 2 aromatic rings. The van der Waals surface area contributed by atoms with Crippen molar-refractivity contribution in [2.45, 2.75) is 77.1 Å². The molecule has 2 fully saturated rings. The van der Waals surface area contributed by atoms with Gasteiger partial charge >= 0.3 is 19.4 Å². The van der Waals surface area contributed by atoms with Gasteiger partial charge in [0, 0.05) is 0 Å². The van der Waals surface area contributed by atoms with E-state index in [0.717, 1.165) is 10.9 Å². The van der Waals surface area contributed by atoms with E-state index in [2.05, 4.69) is 15.2 Å². The first-order chi connectivity index (χ1) is 17.9. The Morgan fingerprint density at radius 1 is 1.18 bits per heavy atom. The molecule has 1 aromatic carbocycles. The lowest BCUT2D eigenvalue weighted by atomic mass is 10.1. The normalized spacial score (nSPS) is 26.5. The van der Waals surface area contributed by atoms with Gasteiger partial charge in [0.25, 0.3) is 5.56 Å². The molecule has 2 saturated heterocycles. The number of hydrogen-bond acceptors (Lipinski definition) is 11. The predicted molar refractivity (Wildman–Crippen MR) is 131 cm³/mol. The number of carbonyl (C=O) groups excluding carboxylic acids is 1. The van der Waals surface area contributed by atoms with Gasteiger partial charge in [-0.25, -0.2) is 9.36 Å². The third-order valence-corrected chi connectivity index (χ3v) is 7.18. The van der Waals surface area contributed by atoms with Crippen LogP contribution < -0.4 is 20.9 Å². The van der Waals surface area contributed by atoms with Crippen molar-refractivity contribution in [3.8, 4) is 5.75 Å². The van der Waals surface area contributed by atoms with Crippen LogP contribution in [0.5, 0.6) is 5.75 Å². The first kappa shape index (κ1) is 28.1. The van der Waals surface area contributed by atoms with E-state index in [1.165, 1.54) is 6.92 Å². The number of aromatic amines is 1. The quantitative estimate of drug-likeness (QED) is 0.321. The minimum absolute atomic E-state index is 0.237. The average Bonchev–Trinajstić information content (AvgIpc) is 3.31. The Labute approximate surface area is 218 Å². The number of rotatable bonds is 10. The molecule has 0 spiro atoms. The maximum atomic E-state index is 13.8. The fourth-order valence-electron chi connectivity index (χ4n) is 4.04. The van der Waals surface area contributed by atoms with Gasteiger partial charge in [0.1, 0.15) is 36.3 Å². The highest BCUT2D eigenvalue weighted by Gasteiger charge is 2.57.